The quantitative estimate of drug-likeness (QED) is 0.745. The van der Waals surface area contributed by atoms with Gasteiger partial charge < -0.3 is 4.52 Å². The summed E-state index contributed by atoms with van der Waals surface area (Å²) in [4.78, 5) is 3.38. The molecule has 0 aliphatic rings. The Morgan fingerprint density at radius 2 is 1.88 bits per heavy atom. The number of para-hydroxylation sites is 1. The first kappa shape index (κ1) is 17.4. The second kappa shape index (κ2) is 6.45. The third kappa shape index (κ3) is 3.80. The van der Waals surface area contributed by atoms with Gasteiger partial charge in [-0.25, -0.2) is 18.1 Å². The van der Waals surface area contributed by atoms with Crippen molar-refractivity contribution in [2.75, 3.05) is 6.54 Å². The molecule has 132 valence electrons. The number of hydrogen-bond acceptors (Lipinski definition) is 5. The topological polar surface area (TPSA) is 85.1 Å². The minimum absolute atomic E-state index is 0.00155. The van der Waals surface area contributed by atoms with Crippen molar-refractivity contribution in [3.05, 3.63) is 53.9 Å². The third-order valence-electron chi connectivity index (χ3n) is 3.45. The van der Waals surface area contributed by atoms with E-state index in [9.17, 15) is 21.6 Å². The highest BCUT2D eigenvalue weighted by molar-refractivity contribution is 7.89. The largest absolute Gasteiger partial charge is 0.417 e. The van der Waals surface area contributed by atoms with Crippen LogP contribution in [0.2, 0.25) is 0 Å². The SMILES string of the molecule is O=S(=O)(NCCc1noc2ccccc12)c1ccc(C(F)(F)F)cn1. The van der Waals surface area contributed by atoms with Crippen molar-refractivity contribution in [3.63, 3.8) is 0 Å². The molecule has 6 nitrogen and oxygen atoms in total. The van der Waals surface area contributed by atoms with E-state index in [0.717, 1.165) is 11.5 Å². The Balaban J connectivity index is 1.67. The molecule has 0 aliphatic heterocycles. The van der Waals surface area contributed by atoms with Crippen LogP contribution in [0, 0.1) is 0 Å². The number of benzene rings is 1. The summed E-state index contributed by atoms with van der Waals surface area (Å²) < 4.78 is 69.0. The number of aromatic nitrogens is 2. The molecule has 0 aliphatic carbocycles. The zero-order chi connectivity index (χ0) is 18.1. The van der Waals surface area contributed by atoms with Crippen molar-refractivity contribution in [1.29, 1.82) is 0 Å². The van der Waals surface area contributed by atoms with E-state index < -0.39 is 26.8 Å². The van der Waals surface area contributed by atoms with Crippen LogP contribution in [0.15, 0.2) is 52.1 Å². The smallest absolute Gasteiger partial charge is 0.356 e. The Labute approximate surface area is 140 Å². The van der Waals surface area contributed by atoms with Crippen molar-refractivity contribution in [3.8, 4) is 0 Å². The molecule has 0 saturated heterocycles. The Hall–Kier alpha value is -2.46. The normalized spacial score (nSPS) is 12.6. The van der Waals surface area contributed by atoms with Crippen LogP contribution in [0.3, 0.4) is 0 Å². The zero-order valence-corrected chi connectivity index (χ0v) is 13.4. The number of alkyl halides is 3. The van der Waals surface area contributed by atoms with Gasteiger partial charge in [-0.2, -0.15) is 13.2 Å². The molecule has 0 saturated carbocycles. The Morgan fingerprint density at radius 3 is 2.56 bits per heavy atom. The molecular weight excluding hydrogens is 359 g/mol. The number of nitrogens with zero attached hydrogens (tertiary/aromatic N) is 2. The maximum absolute atomic E-state index is 12.5. The molecule has 0 fully saturated rings. The van der Waals surface area contributed by atoms with Crippen molar-refractivity contribution in [1.82, 2.24) is 14.9 Å². The number of nitrogens with one attached hydrogen (secondary N) is 1. The molecule has 10 heteroatoms. The monoisotopic (exact) mass is 371 g/mol. The molecule has 0 unspecified atom stereocenters. The van der Waals surface area contributed by atoms with Gasteiger partial charge in [-0.15, -0.1) is 0 Å². The van der Waals surface area contributed by atoms with Crippen molar-refractivity contribution < 1.29 is 26.1 Å². The van der Waals surface area contributed by atoms with Crippen LogP contribution >= 0.6 is 0 Å². The summed E-state index contributed by atoms with van der Waals surface area (Å²) in [7, 11) is -4.02. The highest BCUT2D eigenvalue weighted by Gasteiger charge is 2.31. The highest BCUT2D eigenvalue weighted by Crippen LogP contribution is 2.28. The van der Waals surface area contributed by atoms with E-state index in [4.69, 9.17) is 4.52 Å². The molecule has 3 aromatic rings. The fraction of sp³-hybridized carbons (Fsp3) is 0.200. The van der Waals surface area contributed by atoms with Crippen LogP contribution in [0.25, 0.3) is 11.0 Å². The van der Waals surface area contributed by atoms with E-state index in [0.29, 0.717) is 23.5 Å². The summed E-state index contributed by atoms with van der Waals surface area (Å²) in [5.41, 5.74) is 0.156. The molecule has 0 spiro atoms. The van der Waals surface area contributed by atoms with Crippen LogP contribution in [-0.2, 0) is 22.6 Å². The number of pyridine rings is 1. The summed E-state index contributed by atoms with van der Waals surface area (Å²) >= 11 is 0. The maximum atomic E-state index is 12.5. The van der Waals surface area contributed by atoms with E-state index in [1.807, 2.05) is 0 Å². The molecule has 25 heavy (non-hydrogen) atoms. The standard InChI is InChI=1S/C15H12F3N3O3S/c16-15(17,18)10-5-6-14(19-9-10)25(22,23)20-8-7-12-11-3-1-2-4-13(11)24-21-12/h1-6,9,20H,7-8H2. The first-order valence-corrected chi connectivity index (χ1v) is 8.62. The van der Waals surface area contributed by atoms with Gasteiger partial charge >= 0.3 is 6.18 Å². The van der Waals surface area contributed by atoms with Gasteiger partial charge in [0.25, 0.3) is 10.0 Å². The van der Waals surface area contributed by atoms with Gasteiger partial charge in [0.15, 0.2) is 10.6 Å². The summed E-state index contributed by atoms with van der Waals surface area (Å²) in [5.74, 6) is 0. The summed E-state index contributed by atoms with van der Waals surface area (Å²) in [5, 5.41) is 4.17. The van der Waals surface area contributed by atoms with Crippen molar-refractivity contribution in [2.24, 2.45) is 0 Å². The number of hydrogen-bond donors (Lipinski definition) is 1. The van der Waals surface area contributed by atoms with Gasteiger partial charge in [-0.3, -0.25) is 0 Å². The molecule has 2 heterocycles. The third-order valence-corrected chi connectivity index (χ3v) is 4.82. The lowest BCUT2D eigenvalue weighted by Crippen LogP contribution is -2.27. The number of rotatable bonds is 5. The number of fused-ring (bicyclic) bond motifs is 1. The predicted molar refractivity (Wildman–Crippen MR) is 82.1 cm³/mol. The Kier molecular flexibility index (Phi) is 4.48. The summed E-state index contributed by atoms with van der Waals surface area (Å²) in [6.07, 6.45) is -3.83. The first-order chi connectivity index (χ1) is 11.8. The van der Waals surface area contributed by atoms with Gasteiger partial charge in [0, 0.05) is 24.5 Å². The lowest BCUT2D eigenvalue weighted by Gasteiger charge is -2.08. The van der Waals surface area contributed by atoms with E-state index in [1.54, 1.807) is 24.3 Å². The van der Waals surface area contributed by atoms with E-state index in [2.05, 4.69) is 14.9 Å². The van der Waals surface area contributed by atoms with E-state index in [-0.39, 0.29) is 13.0 Å². The molecule has 1 aromatic carbocycles. The molecule has 0 amide bonds. The minimum Gasteiger partial charge on any atom is -0.356 e. The van der Waals surface area contributed by atoms with Crippen molar-refractivity contribution in [2.45, 2.75) is 17.6 Å². The summed E-state index contributed by atoms with van der Waals surface area (Å²) in [6, 6.07) is 8.62. The second-order valence-electron chi connectivity index (χ2n) is 5.16. The number of sulfonamides is 1. The molecular formula is C15H12F3N3O3S. The lowest BCUT2D eigenvalue weighted by molar-refractivity contribution is -0.137. The van der Waals surface area contributed by atoms with Crippen LogP contribution in [0.1, 0.15) is 11.3 Å². The number of halogens is 3. The van der Waals surface area contributed by atoms with Gasteiger partial charge in [-0.05, 0) is 24.3 Å². The van der Waals surface area contributed by atoms with Gasteiger partial charge in [0.05, 0.1) is 11.3 Å². The molecule has 3 rings (SSSR count). The molecule has 1 N–H and O–H groups in total. The van der Waals surface area contributed by atoms with E-state index in [1.165, 1.54) is 0 Å². The molecule has 0 atom stereocenters. The van der Waals surface area contributed by atoms with E-state index >= 15 is 0 Å². The lowest BCUT2D eigenvalue weighted by atomic mass is 10.2. The second-order valence-corrected chi connectivity index (χ2v) is 6.87. The maximum Gasteiger partial charge on any atom is 0.417 e. The van der Waals surface area contributed by atoms with Gasteiger partial charge in [0.2, 0.25) is 0 Å². The van der Waals surface area contributed by atoms with Gasteiger partial charge in [0.1, 0.15) is 0 Å². The fourth-order valence-corrected chi connectivity index (χ4v) is 3.16. The average Bonchev–Trinajstić information content (AvgIpc) is 2.97. The zero-order valence-electron chi connectivity index (χ0n) is 12.6. The molecule has 0 radical (unpaired) electrons. The highest BCUT2D eigenvalue weighted by atomic mass is 32.2. The van der Waals surface area contributed by atoms with Crippen LogP contribution in [0.5, 0.6) is 0 Å². The van der Waals surface area contributed by atoms with Gasteiger partial charge in [-0.1, -0.05) is 17.3 Å². The minimum atomic E-state index is -4.57. The first-order valence-electron chi connectivity index (χ1n) is 7.13. The van der Waals surface area contributed by atoms with Crippen LogP contribution in [0.4, 0.5) is 13.2 Å². The summed E-state index contributed by atoms with van der Waals surface area (Å²) in [6.45, 7) is 0.00155. The Morgan fingerprint density at radius 1 is 1.12 bits per heavy atom. The Bertz CT molecular complexity index is 982. The fourth-order valence-electron chi connectivity index (χ4n) is 2.20. The van der Waals surface area contributed by atoms with Crippen LogP contribution < -0.4 is 4.72 Å². The molecule has 0 bridgehead atoms. The van der Waals surface area contributed by atoms with Crippen molar-refractivity contribution >= 4 is 21.0 Å². The van der Waals surface area contributed by atoms with Crippen LogP contribution in [-0.4, -0.2) is 25.1 Å². The average molecular weight is 371 g/mol. The predicted octanol–water partition coefficient (Wildman–Crippen LogP) is 2.76. The molecule has 2 aromatic heterocycles.